The fourth-order valence-corrected chi connectivity index (χ4v) is 4.00. The van der Waals surface area contributed by atoms with Gasteiger partial charge in [-0.05, 0) is 41.5 Å². The number of methoxy groups -OCH3 is 1. The van der Waals surface area contributed by atoms with Crippen molar-refractivity contribution in [3.05, 3.63) is 89.5 Å². The zero-order valence-corrected chi connectivity index (χ0v) is 19.4. The van der Waals surface area contributed by atoms with Crippen molar-refractivity contribution >= 4 is 23.5 Å². The van der Waals surface area contributed by atoms with Gasteiger partial charge in [-0.2, -0.15) is 0 Å². The van der Waals surface area contributed by atoms with Crippen molar-refractivity contribution < 1.29 is 23.8 Å². The van der Waals surface area contributed by atoms with Crippen LogP contribution in [0, 0.1) is 0 Å². The van der Waals surface area contributed by atoms with Crippen molar-refractivity contribution in [1.82, 2.24) is 0 Å². The molecule has 4 rings (SSSR count). The summed E-state index contributed by atoms with van der Waals surface area (Å²) >= 11 is 0. The molecule has 0 aliphatic carbocycles. The van der Waals surface area contributed by atoms with E-state index in [4.69, 9.17) is 19.2 Å². The van der Waals surface area contributed by atoms with Crippen LogP contribution >= 0.6 is 0 Å². The van der Waals surface area contributed by atoms with Crippen molar-refractivity contribution in [2.75, 3.05) is 7.11 Å². The molecule has 6 nitrogen and oxygen atoms in total. The summed E-state index contributed by atoms with van der Waals surface area (Å²) in [5.74, 6) is 0.675. The molecule has 33 heavy (non-hydrogen) atoms. The Morgan fingerprint density at radius 1 is 0.727 bits per heavy atom. The molecule has 170 valence electrons. The van der Waals surface area contributed by atoms with Gasteiger partial charge in [0.2, 0.25) is 5.90 Å². The number of aliphatic imine (C=N–C) groups is 1. The number of nitrogens with zero attached hydrogens (tertiary/aromatic N) is 1. The first-order chi connectivity index (χ1) is 15.9. The molecule has 0 radical (unpaired) electrons. The average molecular weight is 446 g/mol. The highest BCUT2D eigenvalue weighted by atomic mass is 16.5. The zero-order valence-electron chi connectivity index (χ0n) is 19.4. The van der Waals surface area contributed by atoms with Crippen LogP contribution in [0.15, 0.2) is 77.8 Å². The lowest BCUT2D eigenvalue weighted by Crippen LogP contribution is -2.37. The third-order valence-electron chi connectivity index (χ3n) is 5.14. The monoisotopic (exact) mass is 445 g/mol. The molecular weight excluding hydrogens is 418 g/mol. The molecule has 0 unspecified atom stereocenters. The summed E-state index contributed by atoms with van der Waals surface area (Å²) in [6, 6.07) is 22.4. The molecule has 1 aliphatic rings. The normalized spacial score (nSPS) is 13.1. The second-order valence-corrected chi connectivity index (χ2v) is 7.12. The van der Waals surface area contributed by atoms with E-state index in [2.05, 4.69) is 0 Å². The Hall–Kier alpha value is -3.93. The van der Waals surface area contributed by atoms with E-state index in [1.165, 1.54) is 13.8 Å². The molecule has 0 fully saturated rings. The first kappa shape index (κ1) is 23.7. The summed E-state index contributed by atoms with van der Waals surface area (Å²) in [5, 5.41) is 0. The molecule has 0 saturated heterocycles. The van der Waals surface area contributed by atoms with Crippen molar-refractivity contribution in [1.29, 1.82) is 0 Å². The van der Waals surface area contributed by atoms with E-state index >= 15 is 0 Å². The van der Waals surface area contributed by atoms with Crippen LogP contribution in [0.4, 0.5) is 5.69 Å². The molecule has 0 saturated carbocycles. The number of carbonyl (C=O) groups excluding carboxylic acids is 2. The Morgan fingerprint density at radius 3 is 1.61 bits per heavy atom. The second kappa shape index (κ2) is 10.1. The molecule has 0 spiro atoms. The van der Waals surface area contributed by atoms with E-state index in [-0.39, 0.29) is 11.9 Å². The van der Waals surface area contributed by atoms with E-state index in [1.807, 2.05) is 62.4 Å². The Kier molecular flexibility index (Phi) is 7.28. The SMILES string of the molecule is CC.COC1=Nc2ccccc2C1(c1ccc(OC(C)=O)cc1)c1ccc(OC(C)=O)cc1. The van der Waals surface area contributed by atoms with Crippen LogP contribution in [0.1, 0.15) is 44.4 Å². The fourth-order valence-electron chi connectivity index (χ4n) is 4.00. The van der Waals surface area contributed by atoms with Crippen LogP contribution in [-0.2, 0) is 19.7 Å². The van der Waals surface area contributed by atoms with Crippen LogP contribution in [-0.4, -0.2) is 24.9 Å². The van der Waals surface area contributed by atoms with Crippen LogP contribution in [0.25, 0.3) is 0 Å². The minimum absolute atomic E-state index is 0.381. The van der Waals surface area contributed by atoms with E-state index in [0.717, 1.165) is 22.4 Å². The third-order valence-corrected chi connectivity index (χ3v) is 5.14. The standard InChI is InChI=1S/C25H21NO5.C2H6/c1-16(27)30-20-12-8-18(9-13-20)25(19-10-14-21(15-11-19)31-17(2)28)22-6-4-5-7-23(22)26-24(25)29-3;1-2/h4-15H,1-3H3;1-2H3. The Bertz CT molecular complexity index is 1100. The summed E-state index contributed by atoms with van der Waals surface area (Å²) < 4.78 is 16.2. The van der Waals surface area contributed by atoms with Crippen molar-refractivity contribution in [2.24, 2.45) is 4.99 Å². The first-order valence-electron chi connectivity index (χ1n) is 10.8. The number of para-hydroxylation sites is 1. The van der Waals surface area contributed by atoms with Crippen LogP contribution < -0.4 is 9.47 Å². The van der Waals surface area contributed by atoms with Crippen molar-refractivity contribution in [3.63, 3.8) is 0 Å². The number of fused-ring (bicyclic) bond motifs is 1. The highest BCUT2D eigenvalue weighted by molar-refractivity contribution is 6.03. The number of benzene rings is 3. The van der Waals surface area contributed by atoms with Crippen LogP contribution in [0.5, 0.6) is 11.5 Å². The smallest absolute Gasteiger partial charge is 0.308 e. The minimum Gasteiger partial charge on any atom is -0.483 e. The van der Waals surface area contributed by atoms with Crippen molar-refractivity contribution in [3.8, 4) is 11.5 Å². The van der Waals surface area contributed by atoms with Gasteiger partial charge in [0.15, 0.2) is 0 Å². The van der Waals surface area contributed by atoms with Gasteiger partial charge in [0.1, 0.15) is 16.9 Å². The molecule has 1 aliphatic heterocycles. The lowest BCUT2D eigenvalue weighted by molar-refractivity contribution is -0.132. The van der Waals surface area contributed by atoms with Crippen molar-refractivity contribution in [2.45, 2.75) is 33.1 Å². The molecule has 0 bridgehead atoms. The quantitative estimate of drug-likeness (QED) is 0.387. The highest BCUT2D eigenvalue weighted by Gasteiger charge is 2.48. The minimum atomic E-state index is -0.811. The molecule has 1 heterocycles. The average Bonchev–Trinajstić information content (AvgIpc) is 3.16. The lowest BCUT2D eigenvalue weighted by Gasteiger charge is -2.32. The summed E-state index contributed by atoms with van der Waals surface area (Å²) in [4.78, 5) is 27.4. The predicted octanol–water partition coefficient (Wildman–Crippen LogP) is 5.59. The Labute approximate surface area is 193 Å². The maximum atomic E-state index is 11.3. The number of ether oxygens (including phenoxy) is 3. The van der Waals surface area contributed by atoms with E-state index in [9.17, 15) is 9.59 Å². The number of rotatable bonds is 4. The Balaban J connectivity index is 0.00000149. The first-order valence-corrected chi connectivity index (χ1v) is 10.8. The molecule has 3 aromatic carbocycles. The number of hydrogen-bond donors (Lipinski definition) is 0. The van der Waals surface area contributed by atoms with E-state index in [0.29, 0.717) is 17.4 Å². The summed E-state index contributed by atoms with van der Waals surface area (Å²) in [7, 11) is 1.60. The molecule has 0 N–H and O–H groups in total. The number of hydrogen-bond acceptors (Lipinski definition) is 6. The number of esters is 2. The zero-order chi connectivity index (χ0) is 24.0. The van der Waals surface area contributed by atoms with Gasteiger partial charge in [-0.15, -0.1) is 0 Å². The molecule has 0 aromatic heterocycles. The fraction of sp³-hybridized carbons (Fsp3) is 0.222. The molecule has 6 heteroatoms. The van der Waals surface area contributed by atoms with Crippen LogP contribution in [0.3, 0.4) is 0 Å². The largest absolute Gasteiger partial charge is 0.483 e. The molecule has 0 atom stereocenters. The topological polar surface area (TPSA) is 74.2 Å². The van der Waals surface area contributed by atoms with Gasteiger partial charge >= 0.3 is 11.9 Å². The maximum absolute atomic E-state index is 11.3. The molecule has 3 aromatic rings. The van der Waals surface area contributed by atoms with Gasteiger partial charge in [-0.25, -0.2) is 4.99 Å². The van der Waals surface area contributed by atoms with E-state index in [1.54, 1.807) is 31.4 Å². The highest BCUT2D eigenvalue weighted by Crippen LogP contribution is 2.49. The van der Waals surface area contributed by atoms with Gasteiger partial charge in [0.05, 0.1) is 12.8 Å². The summed E-state index contributed by atoms with van der Waals surface area (Å²) in [5.41, 5.74) is 2.76. The van der Waals surface area contributed by atoms with Gasteiger partial charge in [0, 0.05) is 19.4 Å². The predicted molar refractivity (Wildman–Crippen MR) is 127 cm³/mol. The maximum Gasteiger partial charge on any atom is 0.308 e. The van der Waals surface area contributed by atoms with E-state index < -0.39 is 5.41 Å². The third kappa shape index (κ3) is 4.51. The second-order valence-electron chi connectivity index (χ2n) is 7.12. The summed E-state index contributed by atoms with van der Waals surface area (Å²) in [6.45, 7) is 6.73. The molecular formula is C27H27NO5. The lowest BCUT2D eigenvalue weighted by atomic mass is 9.70. The van der Waals surface area contributed by atoms with Gasteiger partial charge in [0.25, 0.3) is 0 Å². The number of carbonyl (C=O) groups is 2. The van der Waals surface area contributed by atoms with Gasteiger partial charge in [-0.1, -0.05) is 56.3 Å². The Morgan fingerprint density at radius 2 is 1.18 bits per heavy atom. The van der Waals surface area contributed by atoms with Crippen LogP contribution in [0.2, 0.25) is 0 Å². The summed E-state index contributed by atoms with van der Waals surface area (Å²) in [6.07, 6.45) is 0. The van der Waals surface area contributed by atoms with Gasteiger partial charge < -0.3 is 14.2 Å². The van der Waals surface area contributed by atoms with Gasteiger partial charge in [-0.3, -0.25) is 9.59 Å². The molecule has 0 amide bonds.